The van der Waals surface area contributed by atoms with Gasteiger partial charge in [-0.3, -0.25) is 0 Å². The molecule has 0 unspecified atom stereocenters. The summed E-state index contributed by atoms with van der Waals surface area (Å²) < 4.78 is 59.9. The van der Waals surface area contributed by atoms with Crippen LogP contribution in [0.2, 0.25) is 0 Å². The molecule has 0 fully saturated rings. The number of ether oxygens (including phenoxy) is 4. The minimum absolute atomic E-state index is 0.306. The number of aromatic nitrogens is 2. The highest BCUT2D eigenvalue weighted by atomic mass is 19.4. The Labute approximate surface area is 169 Å². The van der Waals surface area contributed by atoms with Gasteiger partial charge in [0.25, 0.3) is 0 Å². The zero-order chi connectivity index (χ0) is 22.5. The quantitative estimate of drug-likeness (QED) is 0.408. The van der Waals surface area contributed by atoms with Crippen molar-refractivity contribution in [1.29, 1.82) is 0 Å². The maximum absolute atomic E-state index is 13.3. The SMILES string of the molecule is COC(=O)c1cnc(N/N=C(\C)c2c(OC)cc(OC)cc2OC)nc1C(F)(F)F. The van der Waals surface area contributed by atoms with Crippen molar-refractivity contribution in [2.45, 2.75) is 13.1 Å². The zero-order valence-electron chi connectivity index (χ0n) is 16.7. The van der Waals surface area contributed by atoms with Crippen LogP contribution in [0.1, 0.15) is 28.5 Å². The van der Waals surface area contributed by atoms with Crippen molar-refractivity contribution in [3.63, 3.8) is 0 Å². The summed E-state index contributed by atoms with van der Waals surface area (Å²) in [6.45, 7) is 1.58. The minimum atomic E-state index is -4.90. The fourth-order valence-electron chi connectivity index (χ4n) is 2.46. The molecule has 1 aromatic heterocycles. The number of benzene rings is 1. The van der Waals surface area contributed by atoms with Gasteiger partial charge in [0.2, 0.25) is 5.95 Å². The van der Waals surface area contributed by atoms with Crippen LogP contribution in [0.15, 0.2) is 23.4 Å². The highest BCUT2D eigenvalue weighted by Gasteiger charge is 2.38. The molecule has 2 aromatic rings. The molecule has 30 heavy (non-hydrogen) atoms. The summed E-state index contributed by atoms with van der Waals surface area (Å²) in [5, 5.41) is 4.01. The van der Waals surface area contributed by atoms with E-state index < -0.39 is 29.4 Å². The van der Waals surface area contributed by atoms with Crippen molar-refractivity contribution < 1.29 is 36.9 Å². The molecule has 0 radical (unpaired) electrons. The first-order valence-corrected chi connectivity index (χ1v) is 8.29. The van der Waals surface area contributed by atoms with E-state index in [1.54, 1.807) is 19.1 Å². The van der Waals surface area contributed by atoms with Crippen LogP contribution in [-0.4, -0.2) is 50.1 Å². The molecule has 0 aliphatic rings. The number of hydrogen-bond acceptors (Lipinski definition) is 9. The Bertz CT molecular complexity index is 938. The van der Waals surface area contributed by atoms with Crippen LogP contribution in [0.25, 0.3) is 0 Å². The van der Waals surface area contributed by atoms with Crippen molar-refractivity contribution in [1.82, 2.24) is 9.97 Å². The maximum Gasteiger partial charge on any atom is 0.434 e. The van der Waals surface area contributed by atoms with Gasteiger partial charge in [-0.1, -0.05) is 0 Å². The number of nitrogens with one attached hydrogen (secondary N) is 1. The second-order valence-electron chi connectivity index (χ2n) is 5.66. The lowest BCUT2D eigenvalue weighted by Gasteiger charge is -2.15. The van der Waals surface area contributed by atoms with Crippen LogP contribution in [0, 0.1) is 0 Å². The molecule has 1 heterocycles. The third kappa shape index (κ3) is 4.88. The van der Waals surface area contributed by atoms with Crippen molar-refractivity contribution in [3.8, 4) is 17.2 Å². The van der Waals surface area contributed by atoms with Gasteiger partial charge >= 0.3 is 12.1 Å². The molecule has 1 aromatic carbocycles. The molecule has 0 atom stereocenters. The highest BCUT2D eigenvalue weighted by molar-refractivity contribution is 6.04. The van der Waals surface area contributed by atoms with Crippen LogP contribution in [0.5, 0.6) is 17.2 Å². The van der Waals surface area contributed by atoms with E-state index in [1.807, 2.05) is 0 Å². The molecule has 0 amide bonds. The van der Waals surface area contributed by atoms with E-state index in [4.69, 9.17) is 14.2 Å². The van der Waals surface area contributed by atoms with Crippen molar-refractivity contribution >= 4 is 17.6 Å². The first kappa shape index (κ1) is 22.7. The number of hydrogen-bond donors (Lipinski definition) is 1. The Morgan fingerprint density at radius 2 is 1.67 bits per heavy atom. The summed E-state index contributed by atoms with van der Waals surface area (Å²) in [5.41, 5.74) is 0.833. The molecule has 9 nitrogen and oxygen atoms in total. The molecule has 2 rings (SSSR count). The smallest absolute Gasteiger partial charge is 0.434 e. The van der Waals surface area contributed by atoms with Gasteiger partial charge in [0, 0.05) is 18.3 Å². The van der Waals surface area contributed by atoms with Crippen molar-refractivity contribution in [2.75, 3.05) is 33.9 Å². The summed E-state index contributed by atoms with van der Waals surface area (Å²) in [5.74, 6) is -0.467. The zero-order valence-corrected chi connectivity index (χ0v) is 16.7. The van der Waals surface area contributed by atoms with Gasteiger partial charge in [0.05, 0.1) is 39.7 Å². The second-order valence-corrected chi connectivity index (χ2v) is 5.66. The fraction of sp³-hybridized carbons (Fsp3) is 0.333. The predicted octanol–water partition coefficient (Wildman–Crippen LogP) is 3.14. The topological polar surface area (TPSA) is 104 Å². The third-order valence-corrected chi connectivity index (χ3v) is 3.86. The lowest BCUT2D eigenvalue weighted by molar-refractivity contribution is -0.141. The number of carbonyl (C=O) groups is 1. The summed E-state index contributed by atoms with van der Waals surface area (Å²) in [6.07, 6.45) is -4.19. The maximum atomic E-state index is 13.3. The van der Waals surface area contributed by atoms with E-state index in [-0.39, 0.29) is 0 Å². The molecule has 1 N–H and O–H groups in total. The average molecular weight is 428 g/mol. The van der Waals surface area contributed by atoms with Gasteiger partial charge in [-0.2, -0.15) is 18.3 Å². The number of alkyl halides is 3. The number of halogens is 3. The summed E-state index contributed by atoms with van der Waals surface area (Å²) >= 11 is 0. The Balaban J connectivity index is 2.44. The monoisotopic (exact) mass is 428 g/mol. The number of rotatable bonds is 7. The van der Waals surface area contributed by atoms with E-state index in [0.29, 0.717) is 34.7 Å². The number of nitrogens with zero attached hydrogens (tertiary/aromatic N) is 3. The van der Waals surface area contributed by atoms with E-state index in [9.17, 15) is 18.0 Å². The number of hydrazone groups is 1. The van der Waals surface area contributed by atoms with Crippen LogP contribution in [-0.2, 0) is 10.9 Å². The Hall–Kier alpha value is -3.57. The lowest BCUT2D eigenvalue weighted by Crippen LogP contribution is -2.18. The van der Waals surface area contributed by atoms with Crippen LogP contribution in [0.4, 0.5) is 19.1 Å². The van der Waals surface area contributed by atoms with Crippen molar-refractivity contribution in [2.24, 2.45) is 5.10 Å². The molecular weight excluding hydrogens is 409 g/mol. The van der Waals surface area contributed by atoms with Crippen LogP contribution < -0.4 is 19.6 Å². The Kier molecular flexibility index (Phi) is 7.03. The molecule has 0 bridgehead atoms. The lowest BCUT2D eigenvalue weighted by atomic mass is 10.1. The molecule has 0 saturated carbocycles. The van der Waals surface area contributed by atoms with Gasteiger partial charge in [0.15, 0.2) is 5.69 Å². The second kappa shape index (κ2) is 9.29. The van der Waals surface area contributed by atoms with Gasteiger partial charge < -0.3 is 18.9 Å². The van der Waals surface area contributed by atoms with Gasteiger partial charge in [-0.25, -0.2) is 20.2 Å². The standard InChI is InChI=1S/C18H19F3N4O5/c1-9(14-12(28-3)6-10(27-2)7-13(14)29-4)24-25-17-22-8-11(16(26)30-5)15(23-17)18(19,20)21/h6-8H,1-5H3,(H,22,23,25)/b24-9+. The summed E-state index contributed by atoms with van der Waals surface area (Å²) in [4.78, 5) is 18.6. The Morgan fingerprint density at radius 1 is 1.07 bits per heavy atom. The van der Waals surface area contributed by atoms with E-state index in [0.717, 1.165) is 7.11 Å². The van der Waals surface area contributed by atoms with Crippen LogP contribution >= 0.6 is 0 Å². The molecule has 0 spiro atoms. The summed E-state index contributed by atoms with van der Waals surface area (Å²) in [7, 11) is 5.30. The van der Waals surface area contributed by atoms with Gasteiger partial charge in [0.1, 0.15) is 22.8 Å². The molecular formula is C18H19F3N4O5. The number of esters is 1. The number of anilines is 1. The highest BCUT2D eigenvalue weighted by Crippen LogP contribution is 2.35. The number of methoxy groups -OCH3 is 4. The molecule has 0 aliphatic carbocycles. The number of carbonyl (C=O) groups excluding carboxylic acids is 1. The third-order valence-electron chi connectivity index (χ3n) is 3.86. The fourth-order valence-corrected chi connectivity index (χ4v) is 2.46. The first-order chi connectivity index (χ1) is 14.2. The largest absolute Gasteiger partial charge is 0.496 e. The normalized spacial score (nSPS) is 11.7. The Morgan fingerprint density at radius 3 is 2.13 bits per heavy atom. The van der Waals surface area contributed by atoms with Gasteiger partial charge in [-0.15, -0.1) is 0 Å². The van der Waals surface area contributed by atoms with Crippen LogP contribution in [0.3, 0.4) is 0 Å². The predicted molar refractivity (Wildman–Crippen MR) is 100 cm³/mol. The molecule has 0 aliphatic heterocycles. The van der Waals surface area contributed by atoms with E-state index >= 15 is 0 Å². The van der Waals surface area contributed by atoms with Gasteiger partial charge in [-0.05, 0) is 6.92 Å². The summed E-state index contributed by atoms with van der Waals surface area (Å²) in [6, 6.07) is 3.20. The molecule has 162 valence electrons. The average Bonchev–Trinajstić information content (AvgIpc) is 2.74. The van der Waals surface area contributed by atoms with E-state index in [2.05, 4.69) is 25.2 Å². The molecule has 12 heteroatoms. The molecule has 0 saturated heterocycles. The van der Waals surface area contributed by atoms with E-state index in [1.165, 1.54) is 21.3 Å². The first-order valence-electron chi connectivity index (χ1n) is 8.29. The van der Waals surface area contributed by atoms with Crippen molar-refractivity contribution in [3.05, 3.63) is 35.2 Å². The minimum Gasteiger partial charge on any atom is -0.496 e.